The van der Waals surface area contributed by atoms with Crippen LogP contribution in [0.1, 0.15) is 24.5 Å². The SMILES string of the molecule is Cc1ccc(C(C)Nc2snc(N)c2-c2ccncc2)o1. The molecule has 3 rings (SSSR count). The summed E-state index contributed by atoms with van der Waals surface area (Å²) >= 11 is 1.35. The Morgan fingerprint density at radius 3 is 2.67 bits per heavy atom. The first-order valence-electron chi connectivity index (χ1n) is 6.63. The van der Waals surface area contributed by atoms with E-state index in [-0.39, 0.29) is 6.04 Å². The van der Waals surface area contributed by atoms with Crippen molar-refractivity contribution in [1.29, 1.82) is 0 Å². The van der Waals surface area contributed by atoms with Gasteiger partial charge in [-0.1, -0.05) is 0 Å². The summed E-state index contributed by atoms with van der Waals surface area (Å²) in [5.41, 5.74) is 7.92. The zero-order valence-corrected chi connectivity index (χ0v) is 12.6. The van der Waals surface area contributed by atoms with Gasteiger partial charge in [-0.15, -0.1) is 0 Å². The molecule has 0 aromatic carbocycles. The molecule has 0 radical (unpaired) electrons. The zero-order valence-electron chi connectivity index (χ0n) is 11.8. The van der Waals surface area contributed by atoms with Gasteiger partial charge in [-0.2, -0.15) is 4.37 Å². The summed E-state index contributed by atoms with van der Waals surface area (Å²) in [5.74, 6) is 2.31. The van der Waals surface area contributed by atoms with Crippen molar-refractivity contribution in [3.63, 3.8) is 0 Å². The third-order valence-corrected chi connectivity index (χ3v) is 4.02. The lowest BCUT2D eigenvalue weighted by Gasteiger charge is -2.13. The number of nitrogens with one attached hydrogen (secondary N) is 1. The van der Waals surface area contributed by atoms with Gasteiger partial charge >= 0.3 is 0 Å². The molecular formula is C15H16N4OS. The molecule has 0 spiro atoms. The van der Waals surface area contributed by atoms with Crippen molar-refractivity contribution in [3.8, 4) is 11.1 Å². The Bertz CT molecular complexity index is 735. The largest absolute Gasteiger partial charge is 0.464 e. The lowest BCUT2D eigenvalue weighted by molar-refractivity contribution is 0.467. The van der Waals surface area contributed by atoms with E-state index >= 15 is 0 Å². The summed E-state index contributed by atoms with van der Waals surface area (Å²) in [6, 6.07) is 7.82. The highest BCUT2D eigenvalue weighted by Gasteiger charge is 2.17. The molecular weight excluding hydrogens is 284 g/mol. The fraction of sp³-hybridized carbons (Fsp3) is 0.200. The monoisotopic (exact) mass is 300 g/mol. The van der Waals surface area contributed by atoms with Crippen molar-refractivity contribution in [1.82, 2.24) is 9.36 Å². The van der Waals surface area contributed by atoms with E-state index in [1.807, 2.05) is 38.1 Å². The highest BCUT2D eigenvalue weighted by Crippen LogP contribution is 2.38. The van der Waals surface area contributed by atoms with Crippen LogP contribution in [0.5, 0.6) is 0 Å². The van der Waals surface area contributed by atoms with E-state index in [0.29, 0.717) is 5.82 Å². The van der Waals surface area contributed by atoms with Crippen LogP contribution in [0.4, 0.5) is 10.8 Å². The number of nitrogens with zero attached hydrogens (tertiary/aromatic N) is 2. The van der Waals surface area contributed by atoms with Crippen molar-refractivity contribution in [2.24, 2.45) is 0 Å². The second kappa shape index (κ2) is 5.57. The molecule has 3 N–H and O–H groups in total. The Balaban J connectivity index is 1.90. The first-order valence-corrected chi connectivity index (χ1v) is 7.41. The molecule has 3 aromatic heterocycles. The van der Waals surface area contributed by atoms with Gasteiger partial charge < -0.3 is 15.5 Å². The third-order valence-electron chi connectivity index (χ3n) is 3.22. The highest BCUT2D eigenvalue weighted by atomic mass is 32.1. The van der Waals surface area contributed by atoms with Gasteiger partial charge in [0.1, 0.15) is 22.3 Å². The van der Waals surface area contributed by atoms with E-state index < -0.39 is 0 Å². The topological polar surface area (TPSA) is 77.0 Å². The number of pyridine rings is 1. The van der Waals surface area contributed by atoms with Gasteiger partial charge in [-0.3, -0.25) is 4.98 Å². The number of hydrogen-bond acceptors (Lipinski definition) is 6. The van der Waals surface area contributed by atoms with E-state index in [1.54, 1.807) is 12.4 Å². The van der Waals surface area contributed by atoms with Gasteiger partial charge in [0.25, 0.3) is 0 Å². The molecule has 1 atom stereocenters. The maximum Gasteiger partial charge on any atom is 0.147 e. The Hall–Kier alpha value is -2.34. The molecule has 108 valence electrons. The molecule has 0 bridgehead atoms. The number of aromatic nitrogens is 2. The quantitative estimate of drug-likeness (QED) is 0.765. The van der Waals surface area contributed by atoms with Gasteiger partial charge in [-0.25, -0.2) is 0 Å². The second-order valence-corrected chi connectivity index (χ2v) is 5.60. The lowest BCUT2D eigenvalue weighted by atomic mass is 10.1. The minimum absolute atomic E-state index is 0.0409. The molecule has 0 amide bonds. The number of hydrogen-bond donors (Lipinski definition) is 2. The molecule has 0 aliphatic rings. The Kier molecular flexibility index (Phi) is 3.62. The summed E-state index contributed by atoms with van der Waals surface area (Å²) in [4.78, 5) is 4.03. The van der Waals surface area contributed by atoms with Crippen LogP contribution in [-0.4, -0.2) is 9.36 Å². The van der Waals surface area contributed by atoms with Gasteiger partial charge in [0, 0.05) is 12.4 Å². The lowest BCUT2D eigenvalue weighted by Crippen LogP contribution is -2.05. The molecule has 6 heteroatoms. The van der Waals surface area contributed by atoms with Crippen LogP contribution in [0.3, 0.4) is 0 Å². The van der Waals surface area contributed by atoms with Crippen molar-refractivity contribution >= 4 is 22.4 Å². The number of rotatable bonds is 4. The van der Waals surface area contributed by atoms with E-state index in [1.165, 1.54) is 11.5 Å². The van der Waals surface area contributed by atoms with Gasteiger partial charge in [0.2, 0.25) is 0 Å². The molecule has 0 fully saturated rings. The average Bonchev–Trinajstić information content (AvgIpc) is 3.06. The predicted octanol–water partition coefficient (Wildman–Crippen LogP) is 3.86. The number of anilines is 2. The summed E-state index contributed by atoms with van der Waals surface area (Å²) in [5, 5.41) is 4.35. The van der Waals surface area contributed by atoms with Gasteiger partial charge in [0.05, 0.1) is 11.6 Å². The Morgan fingerprint density at radius 2 is 2.00 bits per heavy atom. The van der Waals surface area contributed by atoms with Gasteiger partial charge in [-0.05, 0) is 55.2 Å². The van der Waals surface area contributed by atoms with Crippen LogP contribution in [0.2, 0.25) is 0 Å². The smallest absolute Gasteiger partial charge is 0.147 e. The van der Waals surface area contributed by atoms with Crippen molar-refractivity contribution in [3.05, 3.63) is 48.2 Å². The summed E-state index contributed by atoms with van der Waals surface area (Å²) in [7, 11) is 0. The van der Waals surface area contributed by atoms with Gasteiger partial charge in [0.15, 0.2) is 0 Å². The Morgan fingerprint density at radius 1 is 1.24 bits per heavy atom. The number of nitrogen functional groups attached to an aromatic ring is 1. The average molecular weight is 300 g/mol. The molecule has 3 aromatic rings. The fourth-order valence-electron chi connectivity index (χ4n) is 2.15. The molecule has 0 saturated heterocycles. The first kappa shape index (κ1) is 13.6. The van der Waals surface area contributed by atoms with E-state index in [4.69, 9.17) is 10.2 Å². The van der Waals surface area contributed by atoms with Crippen molar-refractivity contribution in [2.75, 3.05) is 11.1 Å². The highest BCUT2D eigenvalue weighted by molar-refractivity contribution is 7.11. The molecule has 0 saturated carbocycles. The third kappa shape index (κ3) is 2.75. The van der Waals surface area contributed by atoms with E-state index in [0.717, 1.165) is 27.6 Å². The van der Waals surface area contributed by atoms with Crippen LogP contribution in [0.25, 0.3) is 11.1 Å². The van der Waals surface area contributed by atoms with E-state index in [2.05, 4.69) is 14.7 Å². The summed E-state index contributed by atoms with van der Waals surface area (Å²) in [6.07, 6.45) is 3.49. The van der Waals surface area contributed by atoms with Crippen LogP contribution in [0, 0.1) is 6.92 Å². The molecule has 3 heterocycles. The zero-order chi connectivity index (χ0) is 14.8. The molecule has 0 aliphatic carbocycles. The van der Waals surface area contributed by atoms with Crippen molar-refractivity contribution < 1.29 is 4.42 Å². The van der Waals surface area contributed by atoms with Crippen molar-refractivity contribution in [2.45, 2.75) is 19.9 Å². The summed E-state index contributed by atoms with van der Waals surface area (Å²) < 4.78 is 9.90. The number of nitrogens with two attached hydrogens (primary N) is 1. The molecule has 1 unspecified atom stereocenters. The van der Waals surface area contributed by atoms with Crippen LogP contribution < -0.4 is 11.1 Å². The van der Waals surface area contributed by atoms with E-state index in [9.17, 15) is 0 Å². The maximum absolute atomic E-state index is 6.01. The maximum atomic E-state index is 6.01. The predicted molar refractivity (Wildman–Crippen MR) is 85.2 cm³/mol. The molecule has 5 nitrogen and oxygen atoms in total. The number of aryl methyl sites for hydroxylation is 1. The fourth-order valence-corrected chi connectivity index (χ4v) is 2.98. The van der Waals surface area contributed by atoms with Crippen LogP contribution in [0.15, 0.2) is 41.1 Å². The summed E-state index contributed by atoms with van der Waals surface area (Å²) in [6.45, 7) is 3.98. The minimum Gasteiger partial charge on any atom is -0.464 e. The Labute approximate surface area is 127 Å². The normalized spacial score (nSPS) is 12.3. The minimum atomic E-state index is 0.0409. The number of furan rings is 1. The second-order valence-electron chi connectivity index (χ2n) is 4.82. The first-order chi connectivity index (χ1) is 10.1. The molecule has 21 heavy (non-hydrogen) atoms. The standard InChI is InChI=1S/C15H16N4OS/c1-9-3-4-12(20-9)10(2)18-15-13(14(16)19-21-15)11-5-7-17-8-6-11/h3-8,10,18H,1-2H3,(H2,16,19). The van der Waals surface area contributed by atoms with Crippen LogP contribution in [-0.2, 0) is 0 Å². The van der Waals surface area contributed by atoms with Crippen LogP contribution >= 0.6 is 11.5 Å². The molecule has 0 aliphatic heterocycles.